The molecule has 0 saturated heterocycles. The summed E-state index contributed by atoms with van der Waals surface area (Å²) in [5.74, 6) is 0. The van der Waals surface area contributed by atoms with Gasteiger partial charge in [-0.1, -0.05) is 12.1 Å². The van der Waals surface area contributed by atoms with Crippen LogP contribution in [0.25, 0.3) is 11.3 Å². The third-order valence-electron chi connectivity index (χ3n) is 2.53. The Hall–Kier alpha value is -2.70. The highest BCUT2D eigenvalue weighted by Gasteiger charge is 2.11. The first-order valence-corrected chi connectivity index (χ1v) is 5.07. The molecular formula is C11H9N3O4. The van der Waals surface area contributed by atoms with E-state index in [4.69, 9.17) is 0 Å². The number of non-ortho nitro benzene ring substituents is 1. The highest BCUT2D eigenvalue weighted by Crippen LogP contribution is 2.22. The number of nitrogens with one attached hydrogen (secondary N) is 2. The van der Waals surface area contributed by atoms with Crippen molar-refractivity contribution in [2.75, 3.05) is 0 Å². The van der Waals surface area contributed by atoms with Crippen LogP contribution in [0.2, 0.25) is 0 Å². The summed E-state index contributed by atoms with van der Waals surface area (Å²) in [6.45, 7) is 1.53. The van der Waals surface area contributed by atoms with Crippen LogP contribution >= 0.6 is 0 Å². The lowest BCUT2D eigenvalue weighted by Crippen LogP contribution is -2.25. The van der Waals surface area contributed by atoms with E-state index in [2.05, 4.69) is 9.97 Å². The van der Waals surface area contributed by atoms with Crippen LogP contribution < -0.4 is 11.2 Å². The fraction of sp³-hybridized carbons (Fsp3) is 0.0909. The molecule has 0 aliphatic rings. The molecule has 7 nitrogen and oxygen atoms in total. The highest BCUT2D eigenvalue weighted by atomic mass is 16.6. The van der Waals surface area contributed by atoms with Crippen LogP contribution in [0.5, 0.6) is 0 Å². The van der Waals surface area contributed by atoms with E-state index in [-0.39, 0.29) is 11.4 Å². The number of benzene rings is 1. The van der Waals surface area contributed by atoms with Gasteiger partial charge < -0.3 is 4.98 Å². The van der Waals surface area contributed by atoms with Gasteiger partial charge in [0.2, 0.25) is 0 Å². The molecule has 1 aromatic carbocycles. The van der Waals surface area contributed by atoms with E-state index in [1.165, 1.54) is 25.1 Å². The maximum absolute atomic E-state index is 11.4. The second-order valence-electron chi connectivity index (χ2n) is 3.72. The quantitative estimate of drug-likeness (QED) is 0.608. The largest absolute Gasteiger partial charge is 0.326 e. The van der Waals surface area contributed by atoms with Gasteiger partial charge in [0.25, 0.3) is 11.2 Å². The van der Waals surface area contributed by atoms with Crippen molar-refractivity contribution in [2.45, 2.75) is 6.92 Å². The number of H-pyrrole nitrogens is 2. The van der Waals surface area contributed by atoms with Crippen molar-refractivity contribution in [3.63, 3.8) is 0 Å². The monoisotopic (exact) mass is 247 g/mol. The SMILES string of the molecule is Cc1c(-c2cccc([N+](=O)[O-])c2)[nH]c(=O)[nH]c1=O. The fourth-order valence-corrected chi connectivity index (χ4v) is 1.61. The minimum absolute atomic E-state index is 0.104. The number of hydrogen-bond acceptors (Lipinski definition) is 4. The van der Waals surface area contributed by atoms with Crippen molar-refractivity contribution in [3.05, 3.63) is 60.8 Å². The number of nitrogens with zero attached hydrogens (tertiary/aromatic N) is 1. The van der Waals surface area contributed by atoms with Crippen LogP contribution in [0, 0.1) is 17.0 Å². The molecule has 2 N–H and O–H groups in total. The third kappa shape index (κ3) is 2.05. The van der Waals surface area contributed by atoms with Crippen LogP contribution in [0.4, 0.5) is 5.69 Å². The molecule has 0 amide bonds. The number of aromatic nitrogens is 2. The van der Waals surface area contributed by atoms with Crippen LogP contribution in [0.15, 0.2) is 33.9 Å². The summed E-state index contributed by atoms with van der Waals surface area (Å²) in [5.41, 5.74) is -0.257. The van der Waals surface area contributed by atoms with Gasteiger partial charge in [-0.3, -0.25) is 19.9 Å². The van der Waals surface area contributed by atoms with Gasteiger partial charge in [0.1, 0.15) is 0 Å². The lowest BCUT2D eigenvalue weighted by molar-refractivity contribution is -0.384. The highest BCUT2D eigenvalue weighted by molar-refractivity contribution is 5.64. The number of nitro benzene ring substituents is 1. The Morgan fingerprint density at radius 1 is 1.22 bits per heavy atom. The first-order valence-electron chi connectivity index (χ1n) is 5.07. The Kier molecular flexibility index (Phi) is 2.80. The lowest BCUT2D eigenvalue weighted by atomic mass is 10.1. The molecule has 1 aromatic heterocycles. The minimum atomic E-state index is -0.646. The molecule has 2 aromatic rings. The number of hydrogen-bond donors (Lipinski definition) is 2. The summed E-state index contributed by atoms with van der Waals surface area (Å²) >= 11 is 0. The fourth-order valence-electron chi connectivity index (χ4n) is 1.61. The normalized spacial score (nSPS) is 10.3. The second-order valence-corrected chi connectivity index (χ2v) is 3.72. The summed E-state index contributed by atoms with van der Waals surface area (Å²) in [6, 6.07) is 5.72. The predicted octanol–water partition coefficient (Wildman–Crippen LogP) is 0.947. The zero-order chi connectivity index (χ0) is 13.3. The minimum Gasteiger partial charge on any atom is -0.307 e. The molecule has 7 heteroatoms. The standard InChI is InChI=1S/C11H9N3O4/c1-6-9(12-11(16)13-10(6)15)7-3-2-4-8(5-7)14(17)18/h2-5H,1H3,(H2,12,13,15,16). The van der Waals surface area contributed by atoms with Crippen LogP contribution in [-0.2, 0) is 0 Å². The molecule has 0 atom stereocenters. The predicted molar refractivity (Wildman–Crippen MR) is 64.5 cm³/mol. The Morgan fingerprint density at radius 3 is 2.61 bits per heavy atom. The smallest absolute Gasteiger partial charge is 0.307 e. The van der Waals surface area contributed by atoms with Gasteiger partial charge in [-0.05, 0) is 6.92 Å². The molecule has 0 saturated carbocycles. The zero-order valence-electron chi connectivity index (χ0n) is 9.39. The molecule has 92 valence electrons. The van der Waals surface area contributed by atoms with Gasteiger partial charge in [-0.2, -0.15) is 0 Å². The number of aromatic amines is 2. The molecule has 0 spiro atoms. The van der Waals surface area contributed by atoms with Crippen LogP contribution in [-0.4, -0.2) is 14.9 Å². The molecule has 0 aliphatic carbocycles. The van der Waals surface area contributed by atoms with E-state index in [0.717, 1.165) is 0 Å². The molecular weight excluding hydrogens is 238 g/mol. The maximum Gasteiger partial charge on any atom is 0.326 e. The summed E-state index contributed by atoms with van der Waals surface area (Å²) in [4.78, 5) is 37.3. The number of rotatable bonds is 2. The number of nitro groups is 1. The molecule has 0 radical (unpaired) electrons. The first-order chi connectivity index (χ1) is 8.49. The molecule has 0 fully saturated rings. The van der Waals surface area contributed by atoms with Gasteiger partial charge in [0.15, 0.2) is 0 Å². The van der Waals surface area contributed by atoms with Crippen molar-refractivity contribution in [1.29, 1.82) is 0 Å². The lowest BCUT2D eigenvalue weighted by Gasteiger charge is -2.04. The topological polar surface area (TPSA) is 109 Å². The van der Waals surface area contributed by atoms with E-state index in [1.54, 1.807) is 6.07 Å². The average Bonchev–Trinajstić information content (AvgIpc) is 2.34. The van der Waals surface area contributed by atoms with E-state index >= 15 is 0 Å². The van der Waals surface area contributed by atoms with Crippen LogP contribution in [0.1, 0.15) is 5.56 Å². The van der Waals surface area contributed by atoms with Crippen molar-refractivity contribution in [3.8, 4) is 11.3 Å². The van der Waals surface area contributed by atoms with Gasteiger partial charge >= 0.3 is 5.69 Å². The van der Waals surface area contributed by atoms with Gasteiger partial charge in [-0.25, -0.2) is 4.79 Å². The molecule has 0 aliphatic heterocycles. The van der Waals surface area contributed by atoms with Gasteiger partial charge in [0, 0.05) is 23.3 Å². The van der Waals surface area contributed by atoms with E-state index in [9.17, 15) is 19.7 Å². The Morgan fingerprint density at radius 2 is 1.94 bits per heavy atom. The van der Waals surface area contributed by atoms with Crippen molar-refractivity contribution in [2.24, 2.45) is 0 Å². The molecule has 0 unspecified atom stereocenters. The first kappa shape index (κ1) is 11.8. The Balaban J connectivity index is 2.69. The van der Waals surface area contributed by atoms with Crippen molar-refractivity contribution < 1.29 is 4.92 Å². The average molecular weight is 247 g/mol. The maximum atomic E-state index is 11.4. The molecule has 0 bridgehead atoms. The van der Waals surface area contributed by atoms with Crippen LogP contribution in [0.3, 0.4) is 0 Å². The van der Waals surface area contributed by atoms with E-state index < -0.39 is 16.2 Å². The van der Waals surface area contributed by atoms with Gasteiger partial charge in [0.05, 0.1) is 10.6 Å². The Bertz CT molecular complexity index is 730. The molecule has 1 heterocycles. The second kappa shape index (κ2) is 4.28. The molecule has 2 rings (SSSR count). The third-order valence-corrected chi connectivity index (χ3v) is 2.53. The summed E-state index contributed by atoms with van der Waals surface area (Å²) in [5, 5.41) is 10.7. The zero-order valence-corrected chi connectivity index (χ0v) is 9.39. The summed E-state index contributed by atoms with van der Waals surface area (Å²) < 4.78 is 0. The van der Waals surface area contributed by atoms with E-state index in [0.29, 0.717) is 11.1 Å². The summed E-state index contributed by atoms with van der Waals surface area (Å²) in [7, 11) is 0. The summed E-state index contributed by atoms with van der Waals surface area (Å²) in [6.07, 6.45) is 0. The van der Waals surface area contributed by atoms with Gasteiger partial charge in [-0.15, -0.1) is 0 Å². The van der Waals surface area contributed by atoms with E-state index in [1.807, 2.05) is 0 Å². The van der Waals surface area contributed by atoms with Crippen molar-refractivity contribution in [1.82, 2.24) is 9.97 Å². The molecule has 18 heavy (non-hydrogen) atoms. The van der Waals surface area contributed by atoms with Crippen molar-refractivity contribution >= 4 is 5.69 Å². The Labute approximate surface area is 100 Å².